The van der Waals surface area contributed by atoms with Crippen molar-refractivity contribution in [3.8, 4) is 16.9 Å². The zero-order chi connectivity index (χ0) is 20.7. The van der Waals surface area contributed by atoms with Gasteiger partial charge in [0.05, 0.1) is 16.3 Å². The number of halogens is 1. The molecular formula is C17H17ClN4O4S2. The summed E-state index contributed by atoms with van der Waals surface area (Å²) in [6, 6.07) is 13.9. The fourth-order valence-corrected chi connectivity index (χ4v) is 3.93. The Balaban J connectivity index is 2.21. The van der Waals surface area contributed by atoms with Gasteiger partial charge in [-0.1, -0.05) is 23.7 Å². The van der Waals surface area contributed by atoms with Crippen LogP contribution in [0.3, 0.4) is 0 Å². The SMILES string of the molecule is CN(C)S(=O)(=O)c1cc(-c2ccc(Cl)cc2)n(-c2ccc(S(N)(=O)=O)cc2)n1. The number of primary sulfonamides is 1. The molecule has 0 unspecified atom stereocenters. The highest BCUT2D eigenvalue weighted by Crippen LogP contribution is 2.28. The van der Waals surface area contributed by atoms with E-state index < -0.39 is 20.0 Å². The second-order valence-electron chi connectivity index (χ2n) is 6.11. The lowest BCUT2D eigenvalue weighted by Gasteiger charge is -2.09. The van der Waals surface area contributed by atoms with Gasteiger partial charge in [-0.3, -0.25) is 0 Å². The van der Waals surface area contributed by atoms with Gasteiger partial charge in [-0.25, -0.2) is 31.0 Å². The molecule has 0 fully saturated rings. The predicted molar refractivity (Wildman–Crippen MR) is 106 cm³/mol. The molecule has 0 saturated heterocycles. The Morgan fingerprint density at radius 1 is 0.964 bits per heavy atom. The Hall–Kier alpha value is -2.24. The summed E-state index contributed by atoms with van der Waals surface area (Å²) in [4.78, 5) is -0.0578. The van der Waals surface area contributed by atoms with E-state index in [0.717, 1.165) is 4.31 Å². The van der Waals surface area contributed by atoms with Crippen LogP contribution in [0.4, 0.5) is 0 Å². The Morgan fingerprint density at radius 3 is 2.04 bits per heavy atom. The number of rotatable bonds is 5. The van der Waals surface area contributed by atoms with Gasteiger partial charge in [-0.15, -0.1) is 0 Å². The molecular weight excluding hydrogens is 424 g/mol. The first kappa shape index (κ1) is 20.5. The quantitative estimate of drug-likeness (QED) is 0.652. The van der Waals surface area contributed by atoms with E-state index in [9.17, 15) is 16.8 Å². The highest BCUT2D eigenvalue weighted by Gasteiger charge is 2.24. The molecule has 0 aliphatic rings. The molecule has 2 aromatic carbocycles. The van der Waals surface area contributed by atoms with Gasteiger partial charge in [0.1, 0.15) is 0 Å². The Labute approximate surface area is 168 Å². The van der Waals surface area contributed by atoms with E-state index in [1.807, 2.05) is 0 Å². The highest BCUT2D eigenvalue weighted by atomic mass is 35.5. The number of sulfonamides is 2. The zero-order valence-corrected chi connectivity index (χ0v) is 17.3. The van der Waals surface area contributed by atoms with Crippen molar-refractivity contribution >= 4 is 31.6 Å². The van der Waals surface area contributed by atoms with Crippen LogP contribution in [0.25, 0.3) is 16.9 Å². The van der Waals surface area contributed by atoms with Gasteiger partial charge < -0.3 is 0 Å². The minimum Gasteiger partial charge on any atom is -0.232 e. The number of nitrogens with zero attached hydrogens (tertiary/aromatic N) is 3. The van der Waals surface area contributed by atoms with Gasteiger partial charge in [0.25, 0.3) is 10.0 Å². The van der Waals surface area contributed by atoms with E-state index in [4.69, 9.17) is 16.7 Å². The van der Waals surface area contributed by atoms with Crippen LogP contribution in [-0.2, 0) is 20.0 Å². The molecule has 3 rings (SSSR count). The van der Waals surface area contributed by atoms with E-state index >= 15 is 0 Å². The number of hydrogen-bond acceptors (Lipinski definition) is 5. The highest BCUT2D eigenvalue weighted by molar-refractivity contribution is 7.89. The van der Waals surface area contributed by atoms with Crippen molar-refractivity contribution in [3.05, 3.63) is 59.6 Å². The van der Waals surface area contributed by atoms with E-state index in [0.29, 0.717) is 22.0 Å². The van der Waals surface area contributed by atoms with Crippen LogP contribution in [0.15, 0.2) is 64.5 Å². The van der Waals surface area contributed by atoms with Crippen molar-refractivity contribution in [2.45, 2.75) is 9.92 Å². The standard InChI is InChI=1S/C17H17ClN4O4S2/c1-21(2)28(25,26)17-11-16(12-3-5-13(18)6-4-12)22(20-17)14-7-9-15(10-8-14)27(19,23)24/h3-11H,1-2H3,(H2,19,23,24). The Kier molecular flexibility index (Phi) is 5.34. The van der Waals surface area contributed by atoms with Gasteiger partial charge in [-0.2, -0.15) is 5.10 Å². The van der Waals surface area contributed by atoms with Crippen LogP contribution in [-0.4, -0.2) is 45.0 Å². The van der Waals surface area contributed by atoms with E-state index in [1.165, 1.54) is 49.1 Å². The molecule has 0 aliphatic heterocycles. The van der Waals surface area contributed by atoms with Gasteiger partial charge >= 0.3 is 0 Å². The van der Waals surface area contributed by atoms with Crippen molar-refractivity contribution in [1.82, 2.24) is 14.1 Å². The van der Waals surface area contributed by atoms with Crippen LogP contribution < -0.4 is 5.14 Å². The molecule has 3 aromatic rings. The summed E-state index contributed by atoms with van der Waals surface area (Å²) in [7, 11) is -4.79. The summed E-state index contributed by atoms with van der Waals surface area (Å²) in [6.07, 6.45) is 0. The minimum atomic E-state index is -3.84. The van der Waals surface area contributed by atoms with Crippen LogP contribution in [0.5, 0.6) is 0 Å². The fraction of sp³-hybridized carbons (Fsp3) is 0.118. The summed E-state index contributed by atoms with van der Waals surface area (Å²) in [5.41, 5.74) is 1.66. The van der Waals surface area contributed by atoms with Crippen molar-refractivity contribution in [2.75, 3.05) is 14.1 Å². The molecule has 0 spiro atoms. The van der Waals surface area contributed by atoms with Crippen LogP contribution in [0.1, 0.15) is 0 Å². The number of nitrogens with two attached hydrogens (primary N) is 1. The third-order valence-electron chi connectivity index (χ3n) is 3.98. The smallest absolute Gasteiger partial charge is 0.232 e. The van der Waals surface area contributed by atoms with Crippen molar-refractivity contribution in [1.29, 1.82) is 0 Å². The molecule has 11 heteroatoms. The number of benzene rings is 2. The van der Waals surface area contributed by atoms with Gasteiger partial charge in [0.2, 0.25) is 10.0 Å². The lowest BCUT2D eigenvalue weighted by Crippen LogP contribution is -2.22. The fourth-order valence-electron chi connectivity index (χ4n) is 2.47. The largest absolute Gasteiger partial charge is 0.261 e. The van der Waals surface area contributed by atoms with Gasteiger partial charge in [0, 0.05) is 30.7 Å². The van der Waals surface area contributed by atoms with E-state index in [2.05, 4.69) is 5.10 Å². The monoisotopic (exact) mass is 440 g/mol. The third kappa shape index (κ3) is 3.96. The van der Waals surface area contributed by atoms with Crippen molar-refractivity contribution in [3.63, 3.8) is 0 Å². The van der Waals surface area contributed by atoms with Gasteiger partial charge in [0.15, 0.2) is 5.03 Å². The van der Waals surface area contributed by atoms with Crippen LogP contribution in [0.2, 0.25) is 5.02 Å². The molecule has 0 bridgehead atoms. The topological polar surface area (TPSA) is 115 Å². The molecule has 0 atom stereocenters. The second-order valence-corrected chi connectivity index (χ2v) is 10.2. The molecule has 0 aliphatic carbocycles. The molecule has 1 heterocycles. The molecule has 0 amide bonds. The molecule has 2 N–H and O–H groups in total. The molecule has 28 heavy (non-hydrogen) atoms. The van der Waals surface area contributed by atoms with Gasteiger partial charge in [-0.05, 0) is 36.4 Å². The Morgan fingerprint density at radius 2 is 1.54 bits per heavy atom. The maximum Gasteiger partial charge on any atom is 0.261 e. The average Bonchev–Trinajstić information content (AvgIpc) is 3.07. The maximum atomic E-state index is 12.5. The second kappa shape index (κ2) is 7.30. The predicted octanol–water partition coefficient (Wildman–Crippen LogP) is 2.09. The summed E-state index contributed by atoms with van der Waals surface area (Å²) >= 11 is 5.94. The Bertz CT molecular complexity index is 1220. The summed E-state index contributed by atoms with van der Waals surface area (Å²) in [6.45, 7) is 0. The lowest BCUT2D eigenvalue weighted by atomic mass is 10.1. The lowest BCUT2D eigenvalue weighted by molar-refractivity contribution is 0.515. The van der Waals surface area contributed by atoms with Crippen molar-refractivity contribution < 1.29 is 16.8 Å². The molecule has 0 saturated carbocycles. The first-order valence-corrected chi connectivity index (χ1v) is 11.3. The van der Waals surface area contributed by atoms with Crippen LogP contribution in [0, 0.1) is 0 Å². The minimum absolute atomic E-state index is 0.0578. The normalized spacial score (nSPS) is 12.5. The van der Waals surface area contributed by atoms with E-state index in [1.54, 1.807) is 24.3 Å². The first-order valence-electron chi connectivity index (χ1n) is 7.92. The first-order chi connectivity index (χ1) is 13.0. The summed E-state index contributed by atoms with van der Waals surface area (Å²) in [5.74, 6) is 0. The summed E-state index contributed by atoms with van der Waals surface area (Å²) in [5, 5.41) is 9.76. The molecule has 8 nitrogen and oxygen atoms in total. The molecule has 1 aromatic heterocycles. The maximum absolute atomic E-state index is 12.5. The van der Waals surface area contributed by atoms with E-state index in [-0.39, 0.29) is 9.92 Å². The number of aromatic nitrogens is 2. The molecule has 0 radical (unpaired) electrons. The zero-order valence-electron chi connectivity index (χ0n) is 14.9. The third-order valence-corrected chi connectivity index (χ3v) is 6.85. The number of hydrogen-bond donors (Lipinski definition) is 1. The van der Waals surface area contributed by atoms with Crippen LogP contribution >= 0.6 is 11.6 Å². The molecule has 148 valence electrons. The van der Waals surface area contributed by atoms with Crippen molar-refractivity contribution in [2.24, 2.45) is 5.14 Å². The average molecular weight is 441 g/mol. The summed E-state index contributed by atoms with van der Waals surface area (Å²) < 4.78 is 50.5.